The van der Waals surface area contributed by atoms with Crippen molar-refractivity contribution in [1.29, 1.82) is 0 Å². The lowest BCUT2D eigenvalue weighted by atomic mass is 10.2. The van der Waals surface area contributed by atoms with E-state index in [0.29, 0.717) is 0 Å². The summed E-state index contributed by atoms with van der Waals surface area (Å²) in [5.41, 5.74) is 0. The van der Waals surface area contributed by atoms with Gasteiger partial charge in [-0.25, -0.2) is 0 Å². The molecule has 0 aliphatic heterocycles. The van der Waals surface area contributed by atoms with Crippen LogP contribution in [0.15, 0.2) is 12.2 Å². The molecule has 0 aliphatic rings. The summed E-state index contributed by atoms with van der Waals surface area (Å²) >= 11 is 0. The Morgan fingerprint density at radius 1 is 1.07 bits per heavy atom. The summed E-state index contributed by atoms with van der Waals surface area (Å²) in [5, 5.41) is 0. The van der Waals surface area contributed by atoms with Crippen molar-refractivity contribution in [3.05, 3.63) is 12.2 Å². The van der Waals surface area contributed by atoms with Crippen molar-refractivity contribution in [1.82, 2.24) is 0 Å². The van der Waals surface area contributed by atoms with Gasteiger partial charge in [-0.3, -0.25) is 4.18 Å². The first-order valence-corrected chi connectivity index (χ1v) is 7.37. The van der Waals surface area contributed by atoms with Crippen LogP contribution in [0.4, 0.5) is 0 Å². The molecule has 4 heteroatoms. The van der Waals surface area contributed by atoms with Crippen LogP contribution in [0, 0.1) is 0 Å². The molecular formula is C11H22O3S. The molecule has 0 fully saturated rings. The zero-order chi connectivity index (χ0) is 11.6. The highest BCUT2D eigenvalue weighted by molar-refractivity contribution is 7.85. The van der Waals surface area contributed by atoms with Gasteiger partial charge in [0.25, 0.3) is 10.1 Å². The molecule has 15 heavy (non-hydrogen) atoms. The number of rotatable bonds is 9. The highest BCUT2D eigenvalue weighted by atomic mass is 32.2. The second-order valence-corrected chi connectivity index (χ2v) is 5.28. The standard InChI is InChI=1S/C11H22O3S/c1-3-4-5-6-7-8-9-10-11-14-15(2,12)13/h7-8H,3-6,9-11H2,1-2H3/b8-7+. The number of hydrogen-bond donors (Lipinski definition) is 0. The van der Waals surface area contributed by atoms with E-state index >= 15 is 0 Å². The molecule has 0 aromatic heterocycles. The molecular weight excluding hydrogens is 212 g/mol. The van der Waals surface area contributed by atoms with Crippen molar-refractivity contribution in [3.63, 3.8) is 0 Å². The van der Waals surface area contributed by atoms with Crippen LogP contribution in [0.25, 0.3) is 0 Å². The van der Waals surface area contributed by atoms with Crippen LogP contribution >= 0.6 is 0 Å². The van der Waals surface area contributed by atoms with E-state index in [1.54, 1.807) is 0 Å². The zero-order valence-electron chi connectivity index (χ0n) is 9.74. The molecule has 0 saturated carbocycles. The van der Waals surface area contributed by atoms with Crippen molar-refractivity contribution in [2.45, 2.75) is 45.4 Å². The van der Waals surface area contributed by atoms with Gasteiger partial charge in [-0.15, -0.1) is 0 Å². The van der Waals surface area contributed by atoms with Gasteiger partial charge in [0.1, 0.15) is 0 Å². The van der Waals surface area contributed by atoms with E-state index in [2.05, 4.69) is 23.3 Å². The molecule has 0 N–H and O–H groups in total. The molecule has 0 radical (unpaired) electrons. The molecule has 0 aliphatic carbocycles. The van der Waals surface area contributed by atoms with Gasteiger partial charge in [-0.2, -0.15) is 8.42 Å². The molecule has 3 nitrogen and oxygen atoms in total. The Morgan fingerprint density at radius 2 is 1.67 bits per heavy atom. The second-order valence-electron chi connectivity index (χ2n) is 3.64. The third-order valence-electron chi connectivity index (χ3n) is 1.95. The van der Waals surface area contributed by atoms with Crippen LogP contribution in [-0.4, -0.2) is 21.3 Å². The molecule has 0 spiro atoms. The van der Waals surface area contributed by atoms with E-state index in [9.17, 15) is 8.42 Å². The minimum atomic E-state index is -3.25. The van der Waals surface area contributed by atoms with E-state index in [1.165, 1.54) is 19.3 Å². The van der Waals surface area contributed by atoms with Crippen LogP contribution in [0.2, 0.25) is 0 Å². The van der Waals surface area contributed by atoms with E-state index in [1.807, 2.05) is 0 Å². The van der Waals surface area contributed by atoms with E-state index in [0.717, 1.165) is 25.5 Å². The largest absolute Gasteiger partial charge is 0.270 e. The lowest BCUT2D eigenvalue weighted by Crippen LogP contribution is -2.03. The Labute approximate surface area is 93.6 Å². The minimum Gasteiger partial charge on any atom is -0.270 e. The van der Waals surface area contributed by atoms with Gasteiger partial charge in [-0.05, 0) is 25.7 Å². The van der Waals surface area contributed by atoms with Crippen LogP contribution in [-0.2, 0) is 14.3 Å². The SMILES string of the molecule is CCCCC/C=C/CCCOS(C)(=O)=O. The summed E-state index contributed by atoms with van der Waals surface area (Å²) < 4.78 is 25.8. The normalized spacial score (nSPS) is 12.4. The van der Waals surface area contributed by atoms with Crippen LogP contribution in [0.3, 0.4) is 0 Å². The van der Waals surface area contributed by atoms with Gasteiger partial charge in [0.15, 0.2) is 0 Å². The molecule has 90 valence electrons. The molecule has 0 unspecified atom stereocenters. The summed E-state index contributed by atoms with van der Waals surface area (Å²) in [6.45, 7) is 2.48. The van der Waals surface area contributed by atoms with Crippen molar-refractivity contribution in [2.24, 2.45) is 0 Å². The fourth-order valence-electron chi connectivity index (χ4n) is 1.16. The molecule has 0 heterocycles. The molecule has 0 rings (SSSR count). The lowest BCUT2D eigenvalue weighted by molar-refractivity contribution is 0.317. The summed E-state index contributed by atoms with van der Waals surface area (Å²) in [4.78, 5) is 0. The van der Waals surface area contributed by atoms with Crippen molar-refractivity contribution in [2.75, 3.05) is 12.9 Å². The Bertz CT molecular complexity index is 255. The monoisotopic (exact) mass is 234 g/mol. The number of unbranched alkanes of at least 4 members (excludes halogenated alkanes) is 4. The Kier molecular flexibility index (Phi) is 8.71. The van der Waals surface area contributed by atoms with Crippen molar-refractivity contribution < 1.29 is 12.6 Å². The van der Waals surface area contributed by atoms with Crippen LogP contribution in [0.1, 0.15) is 45.4 Å². The molecule has 0 atom stereocenters. The van der Waals surface area contributed by atoms with Gasteiger partial charge in [0.05, 0.1) is 12.9 Å². The Morgan fingerprint density at radius 3 is 2.20 bits per heavy atom. The minimum absolute atomic E-state index is 0.290. The maximum absolute atomic E-state index is 10.6. The highest BCUT2D eigenvalue weighted by Gasteiger charge is 1.98. The maximum Gasteiger partial charge on any atom is 0.264 e. The van der Waals surface area contributed by atoms with Gasteiger partial charge < -0.3 is 0 Å². The van der Waals surface area contributed by atoms with Crippen molar-refractivity contribution in [3.8, 4) is 0 Å². The quantitative estimate of drug-likeness (QED) is 0.350. The first-order valence-electron chi connectivity index (χ1n) is 5.55. The summed E-state index contributed by atoms with van der Waals surface area (Å²) in [6.07, 6.45) is 11.9. The van der Waals surface area contributed by atoms with Gasteiger partial charge in [0.2, 0.25) is 0 Å². The third kappa shape index (κ3) is 13.7. The third-order valence-corrected chi connectivity index (χ3v) is 2.55. The molecule has 0 bridgehead atoms. The fraction of sp³-hybridized carbons (Fsp3) is 0.818. The van der Waals surface area contributed by atoms with Crippen LogP contribution < -0.4 is 0 Å². The topological polar surface area (TPSA) is 43.4 Å². The predicted octanol–water partition coefficient (Wildman–Crippen LogP) is 2.88. The molecule has 0 aromatic carbocycles. The summed E-state index contributed by atoms with van der Waals surface area (Å²) in [5.74, 6) is 0. The van der Waals surface area contributed by atoms with Crippen molar-refractivity contribution >= 4 is 10.1 Å². The highest BCUT2D eigenvalue weighted by Crippen LogP contribution is 2.01. The zero-order valence-corrected chi connectivity index (χ0v) is 10.6. The lowest BCUT2D eigenvalue weighted by Gasteiger charge is -1.98. The van der Waals surface area contributed by atoms with E-state index in [4.69, 9.17) is 0 Å². The average molecular weight is 234 g/mol. The van der Waals surface area contributed by atoms with E-state index in [-0.39, 0.29) is 6.61 Å². The number of allylic oxidation sites excluding steroid dienone is 2. The summed E-state index contributed by atoms with van der Waals surface area (Å²) in [7, 11) is -3.25. The Balaban J connectivity index is 3.24. The first kappa shape index (κ1) is 14.6. The average Bonchev–Trinajstić information content (AvgIpc) is 2.14. The molecule has 0 amide bonds. The first-order chi connectivity index (χ1) is 7.06. The maximum atomic E-state index is 10.6. The number of hydrogen-bond acceptors (Lipinski definition) is 3. The molecule has 0 aromatic rings. The second kappa shape index (κ2) is 8.92. The Hall–Kier alpha value is -0.350. The van der Waals surface area contributed by atoms with Gasteiger partial charge >= 0.3 is 0 Å². The van der Waals surface area contributed by atoms with Crippen LogP contribution in [0.5, 0.6) is 0 Å². The fourth-order valence-corrected chi connectivity index (χ4v) is 1.58. The summed E-state index contributed by atoms with van der Waals surface area (Å²) in [6, 6.07) is 0. The smallest absolute Gasteiger partial charge is 0.264 e. The van der Waals surface area contributed by atoms with Gasteiger partial charge in [-0.1, -0.05) is 31.9 Å². The van der Waals surface area contributed by atoms with Gasteiger partial charge in [0, 0.05) is 0 Å². The predicted molar refractivity (Wildman–Crippen MR) is 63.3 cm³/mol. The molecule has 0 saturated heterocycles. The van der Waals surface area contributed by atoms with E-state index < -0.39 is 10.1 Å².